The van der Waals surface area contributed by atoms with E-state index in [2.05, 4.69) is 4.57 Å². The molecule has 0 aliphatic carbocycles. The Morgan fingerprint density at radius 3 is 2.76 bits per heavy atom. The van der Waals surface area contributed by atoms with Gasteiger partial charge in [-0.2, -0.15) is 4.73 Å². The maximum absolute atomic E-state index is 12.8. The summed E-state index contributed by atoms with van der Waals surface area (Å²) in [5.74, 6) is 1.72. The second-order valence-electron chi connectivity index (χ2n) is 6.97. The van der Waals surface area contributed by atoms with E-state index in [9.17, 15) is 10.0 Å². The summed E-state index contributed by atoms with van der Waals surface area (Å²) in [6.45, 7) is 4.99. The number of ether oxygens (including phenoxy) is 2. The third-order valence-corrected chi connectivity index (χ3v) is 5.99. The molecular formula is C22H22N2O4S. The molecule has 0 N–H and O–H groups in total. The minimum atomic E-state index is -0.129. The summed E-state index contributed by atoms with van der Waals surface area (Å²) in [7, 11) is 0. The molecule has 1 aliphatic heterocycles. The fourth-order valence-electron chi connectivity index (χ4n) is 3.46. The van der Waals surface area contributed by atoms with Gasteiger partial charge in [0.2, 0.25) is 0 Å². The number of ketones is 1. The number of nitrogens with zero attached hydrogens (tertiary/aromatic N) is 2. The van der Waals surface area contributed by atoms with Gasteiger partial charge in [0, 0.05) is 29.1 Å². The number of hydrogen-bond donors (Lipinski definition) is 0. The molecule has 0 spiro atoms. The smallest absolute Gasteiger partial charge is 0.251 e. The number of para-hydroxylation sites is 2. The molecule has 4 rings (SSSR count). The zero-order valence-corrected chi connectivity index (χ0v) is 17.1. The molecule has 0 radical (unpaired) electrons. The second kappa shape index (κ2) is 8.21. The molecule has 0 saturated heterocycles. The zero-order valence-electron chi connectivity index (χ0n) is 16.3. The Morgan fingerprint density at radius 2 is 1.97 bits per heavy atom. The third-order valence-electron chi connectivity index (χ3n) is 4.97. The lowest BCUT2D eigenvalue weighted by atomic mass is 10.2. The van der Waals surface area contributed by atoms with E-state index in [0.717, 1.165) is 27.6 Å². The van der Waals surface area contributed by atoms with Gasteiger partial charge >= 0.3 is 0 Å². The van der Waals surface area contributed by atoms with Gasteiger partial charge in [-0.3, -0.25) is 4.79 Å². The molecule has 0 bridgehead atoms. The van der Waals surface area contributed by atoms with Crippen LogP contribution in [0.15, 0.2) is 59.8 Å². The van der Waals surface area contributed by atoms with Gasteiger partial charge in [0.05, 0.1) is 12.3 Å². The van der Waals surface area contributed by atoms with E-state index in [0.29, 0.717) is 23.7 Å². The van der Waals surface area contributed by atoms with E-state index in [4.69, 9.17) is 9.47 Å². The number of benzene rings is 1. The topological polar surface area (TPSA) is 67.4 Å². The molecule has 1 aromatic carbocycles. The number of carbonyl (C=O) groups excluding carboxylic acids is 1. The number of aryl methyl sites for hydroxylation is 1. The van der Waals surface area contributed by atoms with Gasteiger partial charge in [-0.1, -0.05) is 12.1 Å². The van der Waals surface area contributed by atoms with Gasteiger partial charge in [-0.15, -0.1) is 0 Å². The number of hydrogen-bond acceptors (Lipinski definition) is 5. The lowest BCUT2D eigenvalue weighted by Gasteiger charge is -2.27. The summed E-state index contributed by atoms with van der Waals surface area (Å²) in [4.78, 5) is 12.8. The van der Waals surface area contributed by atoms with Crippen molar-refractivity contribution in [1.82, 2.24) is 4.57 Å². The van der Waals surface area contributed by atoms with Gasteiger partial charge in [0.25, 0.3) is 5.03 Å². The monoisotopic (exact) mass is 410 g/mol. The van der Waals surface area contributed by atoms with E-state index in [1.54, 1.807) is 18.2 Å². The fourth-order valence-corrected chi connectivity index (χ4v) is 4.26. The van der Waals surface area contributed by atoms with Crippen LogP contribution in [0.3, 0.4) is 0 Å². The van der Waals surface area contributed by atoms with E-state index < -0.39 is 0 Å². The number of aromatic nitrogens is 2. The molecule has 7 heteroatoms. The van der Waals surface area contributed by atoms with Crippen molar-refractivity contribution in [2.45, 2.75) is 31.5 Å². The van der Waals surface area contributed by atoms with Crippen LogP contribution in [0.5, 0.6) is 11.5 Å². The largest absolute Gasteiger partial charge is 0.618 e. The average molecular weight is 410 g/mol. The van der Waals surface area contributed by atoms with E-state index >= 15 is 0 Å². The van der Waals surface area contributed by atoms with Crippen LogP contribution in [0, 0.1) is 19.1 Å². The lowest BCUT2D eigenvalue weighted by Crippen LogP contribution is -2.33. The summed E-state index contributed by atoms with van der Waals surface area (Å²) in [5, 5.41) is 12.3. The molecule has 0 unspecified atom stereocenters. The molecule has 1 aliphatic rings. The number of rotatable bonds is 6. The summed E-state index contributed by atoms with van der Waals surface area (Å²) in [6.07, 6.45) is 1.30. The van der Waals surface area contributed by atoms with Gasteiger partial charge < -0.3 is 19.2 Å². The normalized spacial score (nSPS) is 15.3. The molecule has 3 aromatic rings. The summed E-state index contributed by atoms with van der Waals surface area (Å²) in [5.41, 5.74) is 2.58. The van der Waals surface area contributed by atoms with Crippen LogP contribution in [0.25, 0.3) is 0 Å². The molecule has 0 fully saturated rings. The van der Waals surface area contributed by atoms with Crippen LogP contribution in [-0.4, -0.2) is 28.8 Å². The van der Waals surface area contributed by atoms with Crippen molar-refractivity contribution in [2.24, 2.45) is 0 Å². The Kier molecular flexibility index (Phi) is 5.49. The summed E-state index contributed by atoms with van der Waals surface area (Å²) < 4.78 is 14.7. The van der Waals surface area contributed by atoms with E-state index in [1.807, 2.05) is 44.2 Å². The SMILES string of the molecule is Cc1cc(C(=O)CSc2cccc[n+]2[O-])c(C)n1C[C@@H]1COc2ccccc2O1. The Balaban J connectivity index is 1.45. The average Bonchev–Trinajstić information content (AvgIpc) is 3.01. The van der Waals surface area contributed by atoms with Gasteiger partial charge in [0.15, 0.2) is 29.6 Å². The van der Waals surface area contributed by atoms with Crippen molar-refractivity contribution in [3.63, 3.8) is 0 Å². The molecule has 6 nitrogen and oxygen atoms in total. The quantitative estimate of drug-likeness (QED) is 0.269. The first-order valence-corrected chi connectivity index (χ1v) is 10.4. The molecular weight excluding hydrogens is 388 g/mol. The standard InChI is InChI=1S/C22H22N2O4S/c1-15-11-18(19(25)14-29-22-9-5-6-10-24(22)26)16(2)23(15)12-17-13-27-20-7-3-4-8-21(20)28-17/h3-11,17H,12-14H2,1-2H3/t17-/m1/s1. The Morgan fingerprint density at radius 1 is 1.21 bits per heavy atom. The van der Waals surface area contributed by atoms with Gasteiger partial charge in [-0.25, -0.2) is 0 Å². The van der Waals surface area contributed by atoms with Crippen molar-refractivity contribution in [1.29, 1.82) is 0 Å². The van der Waals surface area contributed by atoms with Crippen LogP contribution < -0.4 is 14.2 Å². The van der Waals surface area contributed by atoms with E-state index in [1.165, 1.54) is 18.0 Å². The molecule has 0 saturated carbocycles. The highest BCUT2D eigenvalue weighted by molar-refractivity contribution is 7.99. The fraction of sp³-hybridized carbons (Fsp3) is 0.273. The first-order valence-electron chi connectivity index (χ1n) is 9.42. The van der Waals surface area contributed by atoms with Crippen LogP contribution >= 0.6 is 11.8 Å². The minimum Gasteiger partial charge on any atom is -0.618 e. The Hall–Kier alpha value is -2.93. The van der Waals surface area contributed by atoms with Gasteiger partial charge in [0.1, 0.15) is 6.61 Å². The maximum atomic E-state index is 12.8. The van der Waals surface area contributed by atoms with Gasteiger partial charge in [-0.05, 0) is 49.9 Å². The zero-order chi connectivity index (χ0) is 20.4. The highest BCUT2D eigenvalue weighted by Gasteiger charge is 2.24. The first kappa shape index (κ1) is 19.4. The van der Waals surface area contributed by atoms with Crippen molar-refractivity contribution in [3.8, 4) is 11.5 Å². The van der Waals surface area contributed by atoms with Crippen molar-refractivity contribution in [3.05, 3.63) is 76.9 Å². The van der Waals surface area contributed by atoms with Crippen molar-refractivity contribution < 1.29 is 19.0 Å². The van der Waals surface area contributed by atoms with Crippen LogP contribution in [0.1, 0.15) is 21.7 Å². The molecule has 1 atom stereocenters. The van der Waals surface area contributed by atoms with Crippen LogP contribution in [0.4, 0.5) is 0 Å². The maximum Gasteiger partial charge on any atom is 0.251 e. The predicted molar refractivity (Wildman–Crippen MR) is 111 cm³/mol. The predicted octanol–water partition coefficient (Wildman–Crippen LogP) is 3.55. The second-order valence-corrected chi connectivity index (χ2v) is 7.97. The molecule has 2 aromatic heterocycles. The number of carbonyl (C=O) groups is 1. The minimum absolute atomic E-state index is 0.00404. The Labute approximate surface area is 173 Å². The molecule has 3 heterocycles. The number of fused-ring (bicyclic) bond motifs is 1. The van der Waals surface area contributed by atoms with Crippen LogP contribution in [-0.2, 0) is 6.54 Å². The van der Waals surface area contributed by atoms with Crippen molar-refractivity contribution in [2.75, 3.05) is 12.4 Å². The van der Waals surface area contributed by atoms with Crippen LogP contribution in [0.2, 0.25) is 0 Å². The summed E-state index contributed by atoms with van der Waals surface area (Å²) in [6, 6.07) is 14.7. The summed E-state index contributed by atoms with van der Waals surface area (Å²) >= 11 is 1.25. The van der Waals surface area contributed by atoms with Crippen molar-refractivity contribution >= 4 is 17.5 Å². The molecule has 0 amide bonds. The number of pyridine rings is 1. The third kappa shape index (κ3) is 4.10. The number of thioether (sulfide) groups is 1. The highest BCUT2D eigenvalue weighted by atomic mass is 32.2. The number of Topliss-reactive ketones (excluding diaryl/α,β-unsaturated/α-hetero) is 1. The molecule has 150 valence electrons. The van der Waals surface area contributed by atoms with E-state index in [-0.39, 0.29) is 17.6 Å². The first-order chi connectivity index (χ1) is 14.0. The lowest BCUT2D eigenvalue weighted by molar-refractivity contribution is -0.645. The highest BCUT2D eigenvalue weighted by Crippen LogP contribution is 2.31. The Bertz CT molecular complexity index is 1050. The molecule has 29 heavy (non-hydrogen) atoms.